The fourth-order valence-corrected chi connectivity index (χ4v) is 1.82. The minimum absolute atomic E-state index is 0.277. The van der Waals surface area contributed by atoms with E-state index in [1.54, 1.807) is 19.1 Å². The first-order valence-corrected chi connectivity index (χ1v) is 6.22. The Morgan fingerprint density at radius 3 is 2.88 bits per heavy atom. The zero-order valence-corrected chi connectivity index (χ0v) is 10.9. The van der Waals surface area contributed by atoms with E-state index in [0.29, 0.717) is 18.1 Å². The fourth-order valence-electron chi connectivity index (χ4n) is 1.45. The predicted octanol–water partition coefficient (Wildman–Crippen LogP) is 3.32. The highest BCUT2D eigenvalue weighted by molar-refractivity contribution is 7.80. The summed E-state index contributed by atoms with van der Waals surface area (Å²) in [5.41, 5.74) is 1.57. The Hall–Kier alpha value is -0.670. The maximum atomic E-state index is 11.7. The maximum Gasteiger partial charge on any atom is 0.338 e. The van der Waals surface area contributed by atoms with Crippen molar-refractivity contribution in [3.63, 3.8) is 0 Å². The van der Waals surface area contributed by atoms with Crippen molar-refractivity contribution in [2.75, 3.05) is 12.5 Å². The molecule has 0 atom stereocenters. The lowest BCUT2D eigenvalue weighted by atomic mass is 10.0. The Morgan fingerprint density at radius 1 is 1.50 bits per heavy atom. The van der Waals surface area contributed by atoms with E-state index in [1.165, 1.54) is 0 Å². The Labute approximate surface area is 106 Å². The van der Waals surface area contributed by atoms with Gasteiger partial charge in [-0.25, -0.2) is 4.79 Å². The van der Waals surface area contributed by atoms with Gasteiger partial charge >= 0.3 is 5.97 Å². The van der Waals surface area contributed by atoms with Crippen LogP contribution in [0.5, 0.6) is 0 Å². The van der Waals surface area contributed by atoms with Gasteiger partial charge in [-0.15, -0.1) is 24.2 Å². The largest absolute Gasteiger partial charge is 0.462 e. The number of carbonyl (C=O) groups excluding carboxylic acids is 1. The second-order valence-corrected chi connectivity index (χ2v) is 4.25. The highest BCUT2D eigenvalue weighted by Gasteiger charge is 2.12. The van der Waals surface area contributed by atoms with E-state index in [2.05, 4.69) is 12.6 Å². The van der Waals surface area contributed by atoms with E-state index < -0.39 is 0 Å². The van der Waals surface area contributed by atoms with Crippen LogP contribution in [0.15, 0.2) is 23.1 Å². The number of ether oxygens (including phenoxy) is 1. The van der Waals surface area contributed by atoms with Gasteiger partial charge in [0.05, 0.1) is 12.2 Å². The standard InChI is InChI=1S/C12H15ClO2S/c1-2-15-12(14)11-6-5-10(16)8-9(11)4-3-7-13/h5-6,8,16H,2-4,7H2,1H3. The molecule has 0 saturated heterocycles. The molecule has 0 fully saturated rings. The minimum Gasteiger partial charge on any atom is -0.462 e. The molecule has 0 N–H and O–H groups in total. The molecular weight excluding hydrogens is 244 g/mol. The average Bonchev–Trinajstić information content (AvgIpc) is 2.26. The predicted molar refractivity (Wildman–Crippen MR) is 68.7 cm³/mol. The van der Waals surface area contributed by atoms with Crippen molar-refractivity contribution in [3.8, 4) is 0 Å². The number of esters is 1. The molecule has 1 aromatic carbocycles. The molecule has 0 unspecified atom stereocenters. The SMILES string of the molecule is CCOC(=O)c1ccc(S)cc1CCCCl. The van der Waals surface area contributed by atoms with Crippen LogP contribution < -0.4 is 0 Å². The zero-order chi connectivity index (χ0) is 12.0. The van der Waals surface area contributed by atoms with E-state index in [-0.39, 0.29) is 5.97 Å². The number of hydrogen-bond acceptors (Lipinski definition) is 3. The van der Waals surface area contributed by atoms with Gasteiger partial charge in [-0.05, 0) is 43.5 Å². The topological polar surface area (TPSA) is 26.3 Å². The summed E-state index contributed by atoms with van der Waals surface area (Å²) >= 11 is 9.91. The molecule has 0 spiro atoms. The molecule has 4 heteroatoms. The Kier molecular flexibility index (Phi) is 5.71. The van der Waals surface area contributed by atoms with Gasteiger partial charge in [-0.3, -0.25) is 0 Å². The molecule has 1 aromatic rings. The van der Waals surface area contributed by atoms with Crippen LogP contribution in [0.4, 0.5) is 0 Å². The number of rotatable bonds is 5. The number of hydrogen-bond donors (Lipinski definition) is 1. The summed E-state index contributed by atoms with van der Waals surface area (Å²) in [5.74, 6) is 0.305. The van der Waals surface area contributed by atoms with Crippen LogP contribution in [0.1, 0.15) is 29.3 Å². The first kappa shape index (κ1) is 13.4. The summed E-state index contributed by atoms with van der Waals surface area (Å²) in [4.78, 5) is 12.5. The van der Waals surface area contributed by atoms with E-state index in [9.17, 15) is 4.79 Å². The molecule has 0 aliphatic heterocycles. The number of benzene rings is 1. The highest BCUT2D eigenvalue weighted by atomic mass is 35.5. The molecule has 2 nitrogen and oxygen atoms in total. The third-order valence-electron chi connectivity index (χ3n) is 2.16. The van der Waals surface area contributed by atoms with Crippen LogP contribution in [0.2, 0.25) is 0 Å². The van der Waals surface area contributed by atoms with Crippen molar-refractivity contribution in [2.24, 2.45) is 0 Å². The number of halogens is 1. The molecule has 0 bridgehead atoms. The van der Waals surface area contributed by atoms with Crippen molar-refractivity contribution < 1.29 is 9.53 Å². The first-order chi connectivity index (χ1) is 7.69. The van der Waals surface area contributed by atoms with Gasteiger partial charge < -0.3 is 4.74 Å². The Balaban J connectivity index is 2.92. The van der Waals surface area contributed by atoms with Crippen LogP contribution >= 0.6 is 24.2 Å². The third-order valence-corrected chi connectivity index (χ3v) is 2.71. The van der Waals surface area contributed by atoms with Gasteiger partial charge in [-0.2, -0.15) is 0 Å². The molecule has 16 heavy (non-hydrogen) atoms. The molecule has 0 aromatic heterocycles. The van der Waals surface area contributed by atoms with Crippen molar-refractivity contribution >= 4 is 30.2 Å². The third kappa shape index (κ3) is 3.72. The fraction of sp³-hybridized carbons (Fsp3) is 0.417. The normalized spacial score (nSPS) is 10.2. The molecule has 1 rings (SSSR count). The van der Waals surface area contributed by atoms with Gasteiger partial charge in [0.2, 0.25) is 0 Å². The van der Waals surface area contributed by atoms with Gasteiger partial charge in [0.25, 0.3) is 0 Å². The second kappa shape index (κ2) is 6.81. The summed E-state index contributed by atoms with van der Waals surface area (Å²) in [7, 11) is 0. The molecule has 88 valence electrons. The monoisotopic (exact) mass is 258 g/mol. The quantitative estimate of drug-likeness (QED) is 0.498. The van der Waals surface area contributed by atoms with E-state index in [0.717, 1.165) is 23.3 Å². The Bertz CT molecular complexity index is 366. The van der Waals surface area contributed by atoms with Crippen LogP contribution in [0.3, 0.4) is 0 Å². The summed E-state index contributed by atoms with van der Waals surface area (Å²) in [6, 6.07) is 5.44. The molecule has 0 saturated carbocycles. The van der Waals surface area contributed by atoms with Crippen molar-refractivity contribution in [3.05, 3.63) is 29.3 Å². The van der Waals surface area contributed by atoms with E-state index in [4.69, 9.17) is 16.3 Å². The van der Waals surface area contributed by atoms with Crippen LogP contribution in [-0.2, 0) is 11.2 Å². The summed E-state index contributed by atoms with van der Waals surface area (Å²) in [6.45, 7) is 2.18. The van der Waals surface area contributed by atoms with Crippen molar-refractivity contribution in [1.82, 2.24) is 0 Å². The van der Waals surface area contributed by atoms with Gasteiger partial charge in [0.1, 0.15) is 0 Å². The summed E-state index contributed by atoms with van der Waals surface area (Å²) < 4.78 is 4.99. The lowest BCUT2D eigenvalue weighted by Gasteiger charge is -2.08. The molecule has 0 heterocycles. The molecular formula is C12H15ClO2S. The Morgan fingerprint density at radius 2 is 2.25 bits per heavy atom. The highest BCUT2D eigenvalue weighted by Crippen LogP contribution is 2.18. The number of carbonyl (C=O) groups is 1. The maximum absolute atomic E-state index is 11.7. The number of thiol groups is 1. The average molecular weight is 259 g/mol. The van der Waals surface area contributed by atoms with E-state index >= 15 is 0 Å². The van der Waals surface area contributed by atoms with Crippen molar-refractivity contribution in [1.29, 1.82) is 0 Å². The summed E-state index contributed by atoms with van der Waals surface area (Å²) in [5, 5.41) is 0. The molecule has 0 aliphatic rings. The zero-order valence-electron chi connectivity index (χ0n) is 9.20. The van der Waals surface area contributed by atoms with Gasteiger partial charge in [0.15, 0.2) is 0 Å². The van der Waals surface area contributed by atoms with E-state index in [1.807, 2.05) is 6.07 Å². The minimum atomic E-state index is -0.277. The molecule has 0 radical (unpaired) electrons. The summed E-state index contributed by atoms with van der Waals surface area (Å²) in [6.07, 6.45) is 1.61. The lowest BCUT2D eigenvalue weighted by Crippen LogP contribution is -2.08. The van der Waals surface area contributed by atoms with Crippen LogP contribution in [0, 0.1) is 0 Å². The second-order valence-electron chi connectivity index (χ2n) is 3.35. The van der Waals surface area contributed by atoms with Gasteiger partial charge in [0, 0.05) is 10.8 Å². The van der Waals surface area contributed by atoms with Crippen molar-refractivity contribution in [2.45, 2.75) is 24.7 Å². The van der Waals surface area contributed by atoms with Crippen LogP contribution in [0.25, 0.3) is 0 Å². The first-order valence-electron chi connectivity index (χ1n) is 5.24. The smallest absolute Gasteiger partial charge is 0.338 e. The lowest BCUT2D eigenvalue weighted by molar-refractivity contribution is 0.0525. The molecule has 0 amide bonds. The molecule has 0 aliphatic carbocycles. The number of alkyl halides is 1. The van der Waals surface area contributed by atoms with Gasteiger partial charge in [-0.1, -0.05) is 0 Å². The number of aryl methyl sites for hydroxylation is 1. The van der Waals surface area contributed by atoms with Crippen LogP contribution in [-0.4, -0.2) is 18.5 Å².